The number of hydrogen-bond donors (Lipinski definition) is 0. The zero-order valence-corrected chi connectivity index (χ0v) is 12.2. The first kappa shape index (κ1) is 13.7. The van der Waals surface area contributed by atoms with Crippen LogP contribution in [0.4, 0.5) is 4.79 Å². The summed E-state index contributed by atoms with van der Waals surface area (Å²) in [6.45, 7) is 3.51. The fourth-order valence-corrected chi connectivity index (χ4v) is 2.15. The van der Waals surface area contributed by atoms with Crippen molar-refractivity contribution >= 4 is 33.8 Å². The summed E-state index contributed by atoms with van der Waals surface area (Å²) in [5, 5.41) is 0. The molecule has 2 rings (SSSR count). The molecule has 1 aromatic rings. The van der Waals surface area contributed by atoms with E-state index in [0.717, 1.165) is 19.8 Å². The SMILES string of the molecule is CC(C)N1C(=O)C(=O)N(Cc2ccc(Br)cc2)C1=O. The van der Waals surface area contributed by atoms with Crippen LogP contribution in [0.5, 0.6) is 0 Å². The predicted octanol–water partition coefficient (Wildman–Crippen LogP) is 2.15. The van der Waals surface area contributed by atoms with Gasteiger partial charge in [-0.2, -0.15) is 0 Å². The maximum atomic E-state index is 12.0. The molecule has 0 bridgehead atoms. The van der Waals surface area contributed by atoms with E-state index in [-0.39, 0.29) is 12.6 Å². The van der Waals surface area contributed by atoms with E-state index in [1.807, 2.05) is 12.1 Å². The summed E-state index contributed by atoms with van der Waals surface area (Å²) in [5.74, 6) is -1.52. The van der Waals surface area contributed by atoms with Gasteiger partial charge in [0.2, 0.25) is 0 Å². The van der Waals surface area contributed by atoms with Gasteiger partial charge in [0.25, 0.3) is 0 Å². The lowest BCUT2D eigenvalue weighted by atomic mass is 10.2. The van der Waals surface area contributed by atoms with E-state index in [0.29, 0.717) is 0 Å². The van der Waals surface area contributed by atoms with Crippen LogP contribution in [0.3, 0.4) is 0 Å². The molecule has 4 amide bonds. The summed E-state index contributed by atoms with van der Waals surface area (Å²) < 4.78 is 0.912. The zero-order valence-electron chi connectivity index (χ0n) is 10.6. The Morgan fingerprint density at radius 2 is 1.63 bits per heavy atom. The molecule has 5 nitrogen and oxygen atoms in total. The number of nitrogens with zero attached hydrogens (tertiary/aromatic N) is 2. The Kier molecular flexibility index (Phi) is 3.71. The maximum absolute atomic E-state index is 12.0. The van der Waals surface area contributed by atoms with Crippen LogP contribution in [-0.4, -0.2) is 33.7 Å². The molecule has 1 saturated heterocycles. The van der Waals surface area contributed by atoms with E-state index in [4.69, 9.17) is 0 Å². The summed E-state index contributed by atoms with van der Waals surface area (Å²) in [6.07, 6.45) is 0. The van der Waals surface area contributed by atoms with Gasteiger partial charge in [0, 0.05) is 10.5 Å². The van der Waals surface area contributed by atoms with Crippen molar-refractivity contribution in [3.8, 4) is 0 Å². The van der Waals surface area contributed by atoms with E-state index in [1.165, 1.54) is 0 Å². The molecule has 1 aromatic carbocycles. The van der Waals surface area contributed by atoms with Gasteiger partial charge in [-0.3, -0.25) is 19.4 Å². The molecule has 6 heteroatoms. The number of carbonyl (C=O) groups is 3. The van der Waals surface area contributed by atoms with E-state index < -0.39 is 17.8 Å². The number of halogens is 1. The van der Waals surface area contributed by atoms with Crippen LogP contribution in [-0.2, 0) is 16.1 Å². The standard InChI is InChI=1S/C13H13BrN2O3/c1-8(2)16-12(18)11(17)15(13(16)19)7-9-3-5-10(14)6-4-9/h3-6,8H,7H2,1-2H3. The van der Waals surface area contributed by atoms with Gasteiger partial charge in [-0.1, -0.05) is 28.1 Å². The largest absolute Gasteiger partial charge is 0.334 e. The Hall–Kier alpha value is -1.69. The molecular formula is C13H13BrN2O3. The highest BCUT2D eigenvalue weighted by molar-refractivity contribution is 9.10. The number of carbonyl (C=O) groups excluding carboxylic acids is 3. The van der Waals surface area contributed by atoms with E-state index >= 15 is 0 Å². The number of rotatable bonds is 3. The Morgan fingerprint density at radius 1 is 1.05 bits per heavy atom. The van der Waals surface area contributed by atoms with Crippen molar-refractivity contribution in [3.63, 3.8) is 0 Å². The number of urea groups is 1. The second kappa shape index (κ2) is 5.13. The Labute approximate surface area is 119 Å². The van der Waals surface area contributed by atoms with Crippen LogP contribution in [0.25, 0.3) is 0 Å². The van der Waals surface area contributed by atoms with E-state index in [1.54, 1.807) is 26.0 Å². The summed E-state index contributed by atoms with van der Waals surface area (Å²) in [4.78, 5) is 37.5. The first-order chi connectivity index (χ1) is 8.91. The van der Waals surface area contributed by atoms with Gasteiger partial charge in [0.15, 0.2) is 0 Å². The molecule has 0 aromatic heterocycles. The number of imide groups is 2. The average Bonchev–Trinajstić information content (AvgIpc) is 2.56. The van der Waals surface area contributed by atoms with Gasteiger partial charge in [-0.25, -0.2) is 4.79 Å². The van der Waals surface area contributed by atoms with Crippen LogP contribution in [0.15, 0.2) is 28.7 Å². The second-order valence-corrected chi connectivity index (χ2v) is 5.48. The third-order valence-corrected chi connectivity index (χ3v) is 3.38. The quantitative estimate of drug-likeness (QED) is 0.632. The average molecular weight is 325 g/mol. The summed E-state index contributed by atoms with van der Waals surface area (Å²) in [5.41, 5.74) is 0.795. The lowest BCUT2D eigenvalue weighted by Crippen LogP contribution is -2.37. The smallest absolute Gasteiger partial charge is 0.263 e. The first-order valence-electron chi connectivity index (χ1n) is 5.85. The minimum Gasteiger partial charge on any atom is -0.263 e. The molecule has 0 atom stereocenters. The van der Waals surface area contributed by atoms with Gasteiger partial charge in [0.05, 0.1) is 6.54 Å². The molecule has 19 heavy (non-hydrogen) atoms. The van der Waals surface area contributed by atoms with Crippen molar-refractivity contribution in [1.29, 1.82) is 0 Å². The Balaban J connectivity index is 2.21. The molecule has 1 aliphatic rings. The van der Waals surface area contributed by atoms with Crippen molar-refractivity contribution in [2.75, 3.05) is 0 Å². The minimum absolute atomic E-state index is 0.111. The Morgan fingerprint density at radius 3 is 2.11 bits per heavy atom. The highest BCUT2D eigenvalue weighted by atomic mass is 79.9. The molecule has 100 valence electrons. The van der Waals surface area contributed by atoms with Crippen molar-refractivity contribution in [2.24, 2.45) is 0 Å². The molecule has 1 aliphatic heterocycles. The van der Waals surface area contributed by atoms with E-state index in [2.05, 4.69) is 15.9 Å². The normalized spacial score (nSPS) is 15.9. The first-order valence-corrected chi connectivity index (χ1v) is 6.64. The van der Waals surface area contributed by atoms with E-state index in [9.17, 15) is 14.4 Å². The molecule has 1 heterocycles. The van der Waals surface area contributed by atoms with Crippen LogP contribution in [0.2, 0.25) is 0 Å². The number of benzene rings is 1. The lowest BCUT2D eigenvalue weighted by Gasteiger charge is -2.18. The van der Waals surface area contributed by atoms with Crippen molar-refractivity contribution < 1.29 is 14.4 Å². The van der Waals surface area contributed by atoms with Crippen molar-refractivity contribution in [2.45, 2.75) is 26.4 Å². The Bertz CT molecular complexity index is 539. The summed E-state index contributed by atoms with van der Waals surface area (Å²) in [6, 6.07) is 6.37. The summed E-state index contributed by atoms with van der Waals surface area (Å²) >= 11 is 3.31. The highest BCUT2D eigenvalue weighted by Crippen LogP contribution is 2.19. The van der Waals surface area contributed by atoms with Gasteiger partial charge in [0.1, 0.15) is 0 Å². The van der Waals surface area contributed by atoms with Gasteiger partial charge in [-0.05, 0) is 31.5 Å². The predicted molar refractivity (Wildman–Crippen MR) is 72.1 cm³/mol. The third-order valence-electron chi connectivity index (χ3n) is 2.85. The monoisotopic (exact) mass is 324 g/mol. The van der Waals surface area contributed by atoms with Crippen molar-refractivity contribution in [1.82, 2.24) is 9.80 Å². The van der Waals surface area contributed by atoms with Crippen LogP contribution < -0.4 is 0 Å². The molecule has 1 fully saturated rings. The van der Waals surface area contributed by atoms with Gasteiger partial charge >= 0.3 is 17.8 Å². The van der Waals surface area contributed by atoms with Crippen LogP contribution in [0, 0.1) is 0 Å². The third kappa shape index (κ3) is 2.53. The minimum atomic E-state index is -0.762. The van der Waals surface area contributed by atoms with Gasteiger partial charge in [-0.15, -0.1) is 0 Å². The van der Waals surface area contributed by atoms with Crippen LogP contribution >= 0.6 is 15.9 Å². The molecule has 0 aliphatic carbocycles. The van der Waals surface area contributed by atoms with Crippen LogP contribution in [0.1, 0.15) is 19.4 Å². The second-order valence-electron chi connectivity index (χ2n) is 4.57. The number of amides is 4. The molecule has 0 saturated carbocycles. The fraction of sp³-hybridized carbons (Fsp3) is 0.308. The molecular weight excluding hydrogens is 312 g/mol. The zero-order chi connectivity index (χ0) is 14.2. The maximum Gasteiger partial charge on any atom is 0.334 e. The van der Waals surface area contributed by atoms with Gasteiger partial charge < -0.3 is 0 Å². The number of hydrogen-bond acceptors (Lipinski definition) is 3. The summed E-state index contributed by atoms with van der Waals surface area (Å²) in [7, 11) is 0. The molecule has 0 radical (unpaired) electrons. The fourth-order valence-electron chi connectivity index (χ4n) is 1.89. The molecule has 0 N–H and O–H groups in total. The molecule has 0 unspecified atom stereocenters. The van der Waals surface area contributed by atoms with Crippen molar-refractivity contribution in [3.05, 3.63) is 34.3 Å². The topological polar surface area (TPSA) is 57.7 Å². The highest BCUT2D eigenvalue weighted by Gasteiger charge is 2.45. The molecule has 0 spiro atoms. The lowest BCUT2D eigenvalue weighted by molar-refractivity contribution is -0.144.